The number of carbonyl (C=O) groups is 1. The van der Waals surface area contributed by atoms with Gasteiger partial charge in [0.1, 0.15) is 17.5 Å². The highest BCUT2D eigenvalue weighted by Gasteiger charge is 2.21. The van der Waals surface area contributed by atoms with Gasteiger partial charge < -0.3 is 10.6 Å². The second-order valence-electron chi connectivity index (χ2n) is 5.02. The van der Waals surface area contributed by atoms with Crippen LogP contribution in [0.4, 0.5) is 5.82 Å². The van der Waals surface area contributed by atoms with E-state index >= 15 is 0 Å². The van der Waals surface area contributed by atoms with E-state index in [0.717, 1.165) is 31.0 Å². The lowest BCUT2D eigenvalue weighted by Gasteiger charge is -2.23. The minimum atomic E-state index is -0.241. The summed E-state index contributed by atoms with van der Waals surface area (Å²) in [6, 6.07) is 3.65. The van der Waals surface area contributed by atoms with Crippen LogP contribution in [0.15, 0.2) is 12.1 Å². The summed E-state index contributed by atoms with van der Waals surface area (Å²) in [6.07, 6.45) is 1.86. The maximum Gasteiger partial charge on any atom is 0.271 e. The van der Waals surface area contributed by atoms with Gasteiger partial charge in [-0.15, -0.1) is 10.2 Å². The van der Waals surface area contributed by atoms with Crippen LogP contribution in [0.5, 0.6) is 0 Å². The molecule has 1 amide bonds. The Balaban J connectivity index is 1.66. The number of nitrogens with one attached hydrogen (secondary N) is 2. The van der Waals surface area contributed by atoms with Gasteiger partial charge >= 0.3 is 0 Å². The summed E-state index contributed by atoms with van der Waals surface area (Å²) < 4.78 is 1.93. The number of fused-ring (bicyclic) bond motifs is 1. The van der Waals surface area contributed by atoms with Crippen LogP contribution >= 0.6 is 0 Å². The molecule has 2 N–H and O–H groups in total. The van der Waals surface area contributed by atoms with Crippen LogP contribution < -0.4 is 10.6 Å². The molecule has 1 atom stereocenters. The molecular weight excluding hydrogens is 270 g/mol. The second-order valence-corrected chi connectivity index (χ2v) is 5.02. The van der Waals surface area contributed by atoms with Gasteiger partial charge in [-0.1, -0.05) is 0 Å². The zero-order chi connectivity index (χ0) is 14.8. The van der Waals surface area contributed by atoms with Crippen molar-refractivity contribution in [2.24, 2.45) is 0 Å². The van der Waals surface area contributed by atoms with Gasteiger partial charge in [0.25, 0.3) is 5.91 Å². The van der Waals surface area contributed by atoms with Crippen LogP contribution in [0.2, 0.25) is 0 Å². The summed E-state index contributed by atoms with van der Waals surface area (Å²) in [7, 11) is 1.57. The summed E-state index contributed by atoms with van der Waals surface area (Å²) in [4.78, 5) is 15.8. The average molecular weight is 287 g/mol. The highest BCUT2D eigenvalue weighted by atomic mass is 16.1. The Bertz CT molecular complexity index is 649. The molecule has 0 saturated carbocycles. The Labute approximate surface area is 122 Å². The first-order chi connectivity index (χ1) is 10.2. The molecule has 0 aliphatic carbocycles. The first kappa shape index (κ1) is 13.5. The first-order valence-corrected chi connectivity index (χ1v) is 6.88. The molecule has 1 aliphatic heterocycles. The third kappa shape index (κ3) is 2.83. The normalized spacial score (nSPS) is 17.1. The first-order valence-electron chi connectivity index (χ1n) is 6.88. The molecule has 1 unspecified atom stereocenters. The number of nitrogens with zero attached hydrogens (tertiary/aromatic N) is 5. The number of anilines is 1. The molecule has 21 heavy (non-hydrogen) atoms. The Morgan fingerprint density at radius 1 is 1.38 bits per heavy atom. The summed E-state index contributed by atoms with van der Waals surface area (Å²) in [5, 5.41) is 18.1. The lowest BCUT2D eigenvalue weighted by molar-refractivity contribution is 0.0957. The molecule has 3 rings (SSSR count). The quantitative estimate of drug-likeness (QED) is 0.834. The van der Waals surface area contributed by atoms with Crippen molar-refractivity contribution in [3.63, 3.8) is 0 Å². The SMILES string of the molecule is CNC(=O)c1ccc(NC2CCc3nc(C)nn3C2)nn1. The van der Waals surface area contributed by atoms with Crippen molar-refractivity contribution in [3.8, 4) is 0 Å². The Morgan fingerprint density at radius 2 is 2.24 bits per heavy atom. The number of rotatable bonds is 3. The molecule has 0 spiro atoms. The van der Waals surface area contributed by atoms with Gasteiger partial charge in [0.15, 0.2) is 5.69 Å². The number of aromatic nitrogens is 5. The van der Waals surface area contributed by atoms with Crippen molar-refractivity contribution in [2.75, 3.05) is 12.4 Å². The highest BCUT2D eigenvalue weighted by molar-refractivity contribution is 5.91. The largest absolute Gasteiger partial charge is 0.364 e. The maximum atomic E-state index is 11.4. The molecule has 1 aliphatic rings. The fourth-order valence-electron chi connectivity index (χ4n) is 2.42. The molecule has 3 heterocycles. The van der Waals surface area contributed by atoms with E-state index in [0.29, 0.717) is 11.5 Å². The monoisotopic (exact) mass is 287 g/mol. The van der Waals surface area contributed by atoms with Crippen molar-refractivity contribution in [3.05, 3.63) is 29.5 Å². The topological polar surface area (TPSA) is 97.6 Å². The van der Waals surface area contributed by atoms with E-state index in [1.54, 1.807) is 19.2 Å². The predicted octanol–water partition coefficient (Wildman–Crippen LogP) is 0.163. The molecule has 8 heteroatoms. The van der Waals surface area contributed by atoms with E-state index in [2.05, 4.69) is 30.9 Å². The van der Waals surface area contributed by atoms with Crippen LogP contribution in [0.3, 0.4) is 0 Å². The van der Waals surface area contributed by atoms with Crippen LogP contribution in [-0.4, -0.2) is 44.0 Å². The zero-order valence-electron chi connectivity index (χ0n) is 12.0. The van der Waals surface area contributed by atoms with Crippen molar-refractivity contribution >= 4 is 11.7 Å². The van der Waals surface area contributed by atoms with Gasteiger partial charge in [0.2, 0.25) is 0 Å². The number of carbonyl (C=O) groups excluding carboxylic acids is 1. The number of aryl methyl sites for hydroxylation is 2. The van der Waals surface area contributed by atoms with E-state index < -0.39 is 0 Å². The van der Waals surface area contributed by atoms with Crippen LogP contribution in [-0.2, 0) is 13.0 Å². The minimum Gasteiger partial charge on any atom is -0.364 e. The fraction of sp³-hybridized carbons (Fsp3) is 0.462. The van der Waals surface area contributed by atoms with Gasteiger partial charge in [-0.2, -0.15) is 5.10 Å². The lowest BCUT2D eigenvalue weighted by atomic mass is 10.1. The van der Waals surface area contributed by atoms with Gasteiger partial charge in [-0.25, -0.2) is 9.67 Å². The average Bonchev–Trinajstić information content (AvgIpc) is 2.86. The molecular formula is C13H17N7O. The number of hydrogen-bond acceptors (Lipinski definition) is 6. The third-order valence-corrected chi connectivity index (χ3v) is 3.44. The van der Waals surface area contributed by atoms with Crippen molar-refractivity contribution in [2.45, 2.75) is 32.4 Å². The van der Waals surface area contributed by atoms with Crippen molar-refractivity contribution < 1.29 is 4.79 Å². The molecule has 0 bridgehead atoms. The molecule has 110 valence electrons. The molecule has 0 fully saturated rings. The van der Waals surface area contributed by atoms with Gasteiger partial charge in [-0.3, -0.25) is 4.79 Å². The molecule has 2 aromatic heterocycles. The third-order valence-electron chi connectivity index (χ3n) is 3.44. The standard InChI is InChI=1S/C13H17N7O/c1-8-15-12-6-3-9(7-20(12)19-8)16-11-5-4-10(17-18-11)13(21)14-2/h4-5,9H,3,6-7H2,1-2H3,(H,14,21)(H,16,18). The molecule has 8 nitrogen and oxygen atoms in total. The highest BCUT2D eigenvalue weighted by Crippen LogP contribution is 2.16. The van der Waals surface area contributed by atoms with Crippen LogP contribution in [0.25, 0.3) is 0 Å². The van der Waals surface area contributed by atoms with Gasteiger partial charge in [0.05, 0.1) is 6.54 Å². The maximum absolute atomic E-state index is 11.4. The molecule has 2 aromatic rings. The van der Waals surface area contributed by atoms with Gasteiger partial charge in [0, 0.05) is 19.5 Å². The molecule has 0 radical (unpaired) electrons. The fourth-order valence-corrected chi connectivity index (χ4v) is 2.42. The Morgan fingerprint density at radius 3 is 2.95 bits per heavy atom. The summed E-state index contributed by atoms with van der Waals surface area (Å²) in [6.45, 7) is 2.66. The van der Waals surface area contributed by atoms with E-state index in [1.165, 1.54) is 0 Å². The summed E-state index contributed by atoms with van der Waals surface area (Å²) in [5.41, 5.74) is 0.306. The number of amides is 1. The predicted molar refractivity (Wildman–Crippen MR) is 75.9 cm³/mol. The van der Waals surface area contributed by atoms with E-state index in [9.17, 15) is 4.79 Å². The second kappa shape index (κ2) is 5.47. The van der Waals surface area contributed by atoms with Crippen LogP contribution in [0, 0.1) is 6.92 Å². The van der Waals surface area contributed by atoms with E-state index in [4.69, 9.17) is 0 Å². The number of hydrogen-bond donors (Lipinski definition) is 2. The van der Waals surface area contributed by atoms with E-state index in [-0.39, 0.29) is 11.9 Å². The Kier molecular flexibility index (Phi) is 3.51. The lowest BCUT2D eigenvalue weighted by Crippen LogP contribution is -2.32. The zero-order valence-corrected chi connectivity index (χ0v) is 12.0. The smallest absolute Gasteiger partial charge is 0.271 e. The molecule has 0 aromatic carbocycles. The van der Waals surface area contributed by atoms with Crippen molar-refractivity contribution in [1.82, 2.24) is 30.3 Å². The Hall–Kier alpha value is -2.51. The summed E-state index contributed by atoms with van der Waals surface area (Å²) in [5.74, 6) is 2.26. The molecule has 0 saturated heterocycles. The van der Waals surface area contributed by atoms with E-state index in [1.807, 2.05) is 11.6 Å². The van der Waals surface area contributed by atoms with Gasteiger partial charge in [-0.05, 0) is 25.5 Å². The minimum absolute atomic E-state index is 0.235. The summed E-state index contributed by atoms with van der Waals surface area (Å²) >= 11 is 0. The van der Waals surface area contributed by atoms with Crippen molar-refractivity contribution in [1.29, 1.82) is 0 Å². The van der Waals surface area contributed by atoms with Crippen LogP contribution in [0.1, 0.15) is 28.6 Å².